The fourth-order valence-electron chi connectivity index (χ4n) is 4.22. The van der Waals surface area contributed by atoms with Crippen molar-refractivity contribution in [3.63, 3.8) is 0 Å². The summed E-state index contributed by atoms with van der Waals surface area (Å²) in [7, 11) is 0. The maximum Gasteiger partial charge on any atom is 0.225 e. The quantitative estimate of drug-likeness (QED) is 0.304. The fourth-order valence-corrected chi connectivity index (χ4v) is 4.40. The van der Waals surface area contributed by atoms with Gasteiger partial charge in [0.1, 0.15) is 42.9 Å². The normalized spacial score (nSPS) is 30.6. The van der Waals surface area contributed by atoms with Crippen molar-refractivity contribution in [2.24, 2.45) is 5.16 Å². The molecule has 2 aliphatic rings. The smallest absolute Gasteiger partial charge is 0.225 e. The number of oxime groups is 1. The van der Waals surface area contributed by atoms with Crippen LogP contribution in [-0.2, 0) is 26.5 Å². The van der Waals surface area contributed by atoms with Gasteiger partial charge in [0.25, 0.3) is 0 Å². The Kier molecular flexibility index (Phi) is 7.44. The van der Waals surface area contributed by atoms with Crippen LogP contribution in [0, 0.1) is 0 Å². The molecule has 2 aromatic carbocycles. The summed E-state index contributed by atoms with van der Waals surface area (Å²) in [6.07, 6.45) is -2.62. The summed E-state index contributed by atoms with van der Waals surface area (Å²) in [5.41, 5.74) is 0.605. The van der Waals surface area contributed by atoms with Gasteiger partial charge in [-0.2, -0.15) is 0 Å². The number of nitrogens with zero attached hydrogens (tertiary/aromatic N) is 1. The lowest BCUT2D eigenvalue weighted by Gasteiger charge is -2.46. The Balaban J connectivity index is 1.52. The summed E-state index contributed by atoms with van der Waals surface area (Å²) in [6, 6.07) is 12.5. The molecule has 4 rings (SSSR count). The summed E-state index contributed by atoms with van der Waals surface area (Å²) >= 11 is 6.44. The van der Waals surface area contributed by atoms with Crippen molar-refractivity contribution < 1.29 is 39.5 Å². The largest absolute Gasteiger partial charge is 0.488 e. The van der Waals surface area contributed by atoms with E-state index < -0.39 is 36.3 Å². The molecule has 0 saturated carbocycles. The number of aliphatic hydroxyl groups excluding tert-OH is 4. The molecule has 0 spiro atoms. The van der Waals surface area contributed by atoms with E-state index in [1.807, 2.05) is 31.2 Å². The third-order valence-electron chi connectivity index (χ3n) is 6.10. The van der Waals surface area contributed by atoms with Gasteiger partial charge in [0, 0.05) is 10.6 Å². The van der Waals surface area contributed by atoms with Crippen LogP contribution in [0.1, 0.15) is 23.6 Å². The van der Waals surface area contributed by atoms with Crippen molar-refractivity contribution in [3.8, 4) is 5.75 Å². The molecule has 2 fully saturated rings. The summed E-state index contributed by atoms with van der Waals surface area (Å²) < 4.78 is 17.3. The SMILES string of the molecule is CCON=CCOc1ccc(Cc2cc([C@]34OC[C@](CO)(O3)[C@@H](O)[C@H](O)[C@H]4O)ccc2Cl)cc1. The van der Waals surface area contributed by atoms with Gasteiger partial charge in [-0.05, 0) is 48.7 Å². The second-order valence-electron chi connectivity index (χ2n) is 8.31. The van der Waals surface area contributed by atoms with Crippen molar-refractivity contribution >= 4 is 17.8 Å². The average Bonchev–Trinajstić information content (AvgIpc) is 3.24. The Morgan fingerprint density at radius 2 is 1.91 bits per heavy atom. The van der Waals surface area contributed by atoms with Crippen LogP contribution in [0.5, 0.6) is 5.75 Å². The monoisotopic (exact) mass is 493 g/mol. The van der Waals surface area contributed by atoms with Gasteiger partial charge in [-0.15, -0.1) is 0 Å². The summed E-state index contributed by atoms with van der Waals surface area (Å²) in [4.78, 5) is 4.87. The second kappa shape index (κ2) is 10.2. The van der Waals surface area contributed by atoms with Crippen molar-refractivity contribution in [3.05, 3.63) is 64.2 Å². The third kappa shape index (κ3) is 4.52. The van der Waals surface area contributed by atoms with E-state index in [0.717, 1.165) is 11.1 Å². The molecule has 4 N–H and O–H groups in total. The molecule has 2 aliphatic heterocycles. The minimum Gasteiger partial charge on any atom is -0.488 e. The maximum absolute atomic E-state index is 10.7. The molecule has 2 saturated heterocycles. The van der Waals surface area contributed by atoms with Gasteiger partial charge < -0.3 is 39.5 Å². The predicted molar refractivity (Wildman–Crippen MR) is 123 cm³/mol. The van der Waals surface area contributed by atoms with Crippen LogP contribution in [0.2, 0.25) is 5.02 Å². The van der Waals surface area contributed by atoms with Crippen LogP contribution in [-0.4, -0.2) is 77.0 Å². The maximum atomic E-state index is 10.7. The first-order valence-corrected chi connectivity index (χ1v) is 11.4. The van der Waals surface area contributed by atoms with E-state index in [-0.39, 0.29) is 13.2 Å². The summed E-state index contributed by atoms with van der Waals surface area (Å²) in [6.45, 7) is 1.87. The molecule has 0 radical (unpaired) electrons. The molecule has 0 unspecified atom stereocenters. The number of benzene rings is 2. The number of hydrogen-bond acceptors (Lipinski definition) is 9. The van der Waals surface area contributed by atoms with Crippen LogP contribution < -0.4 is 4.74 Å². The molecule has 0 aliphatic carbocycles. The Bertz CT molecular complexity index is 1020. The van der Waals surface area contributed by atoms with Crippen LogP contribution in [0.25, 0.3) is 0 Å². The van der Waals surface area contributed by atoms with E-state index in [9.17, 15) is 20.4 Å². The van der Waals surface area contributed by atoms with Crippen molar-refractivity contribution in [2.45, 2.75) is 43.0 Å². The number of ether oxygens (including phenoxy) is 3. The van der Waals surface area contributed by atoms with Crippen LogP contribution in [0.3, 0.4) is 0 Å². The van der Waals surface area contributed by atoms with Crippen LogP contribution in [0.15, 0.2) is 47.6 Å². The Hall–Kier alpha value is -2.24. The van der Waals surface area contributed by atoms with Gasteiger partial charge in [-0.3, -0.25) is 0 Å². The first kappa shape index (κ1) is 24.9. The number of hydrogen-bond donors (Lipinski definition) is 4. The summed E-state index contributed by atoms with van der Waals surface area (Å²) in [5, 5.41) is 45.5. The Labute approximate surface area is 202 Å². The highest BCUT2D eigenvalue weighted by Gasteiger charge is 2.67. The Morgan fingerprint density at radius 3 is 2.62 bits per heavy atom. The molecular weight excluding hydrogens is 466 g/mol. The molecule has 9 nitrogen and oxygen atoms in total. The zero-order valence-electron chi connectivity index (χ0n) is 18.6. The molecule has 2 heterocycles. The van der Waals surface area contributed by atoms with Crippen molar-refractivity contribution in [1.82, 2.24) is 0 Å². The lowest BCUT2D eigenvalue weighted by molar-refractivity contribution is -0.329. The van der Waals surface area contributed by atoms with E-state index in [1.165, 1.54) is 6.21 Å². The lowest BCUT2D eigenvalue weighted by Crippen LogP contribution is -2.65. The number of aliphatic hydroxyl groups is 4. The van der Waals surface area contributed by atoms with Crippen LogP contribution in [0.4, 0.5) is 0 Å². The topological polar surface area (TPSA) is 130 Å². The molecule has 0 amide bonds. The number of halogens is 1. The second-order valence-corrected chi connectivity index (χ2v) is 8.71. The number of rotatable bonds is 9. The van der Waals surface area contributed by atoms with Crippen molar-refractivity contribution in [2.75, 3.05) is 26.4 Å². The first-order valence-electron chi connectivity index (χ1n) is 11.0. The third-order valence-corrected chi connectivity index (χ3v) is 6.47. The van der Waals surface area contributed by atoms with Crippen LogP contribution >= 0.6 is 11.6 Å². The molecule has 0 aromatic heterocycles. The zero-order chi connectivity index (χ0) is 24.3. The lowest BCUT2D eigenvalue weighted by atomic mass is 9.83. The van der Waals surface area contributed by atoms with E-state index >= 15 is 0 Å². The molecule has 34 heavy (non-hydrogen) atoms. The molecule has 5 atom stereocenters. The van der Waals surface area contributed by atoms with Crippen molar-refractivity contribution in [1.29, 1.82) is 0 Å². The highest BCUT2D eigenvalue weighted by molar-refractivity contribution is 6.31. The van der Waals surface area contributed by atoms with Gasteiger partial charge in [-0.25, -0.2) is 0 Å². The summed E-state index contributed by atoms with van der Waals surface area (Å²) in [5.74, 6) is -1.06. The molecular formula is C24H28ClNO8. The van der Waals surface area contributed by atoms with E-state index in [2.05, 4.69) is 5.16 Å². The zero-order valence-corrected chi connectivity index (χ0v) is 19.4. The standard InChI is InChI=1S/C24H28ClNO8/c1-2-33-26-9-10-31-18-6-3-15(4-7-18)11-16-12-17(5-8-19(16)25)24-22(30)20(28)21(29)23(13-27,34-24)14-32-24/h3-9,12,20-22,27-30H,2,10-11,13-14H2,1H3/t20-,21-,22+,23-,24-/m0/s1. The molecule has 2 bridgehead atoms. The highest BCUT2D eigenvalue weighted by Crippen LogP contribution is 2.49. The Morgan fingerprint density at radius 1 is 1.15 bits per heavy atom. The first-order chi connectivity index (χ1) is 16.3. The van der Waals surface area contributed by atoms with Gasteiger partial charge in [-0.1, -0.05) is 35.0 Å². The minimum absolute atomic E-state index is 0.187. The van der Waals surface area contributed by atoms with Gasteiger partial charge >= 0.3 is 0 Å². The predicted octanol–water partition coefficient (Wildman–Crippen LogP) is 1.36. The highest BCUT2D eigenvalue weighted by atomic mass is 35.5. The molecule has 184 valence electrons. The minimum atomic E-state index is -1.73. The van der Waals surface area contributed by atoms with E-state index in [1.54, 1.807) is 18.2 Å². The molecule has 2 aromatic rings. The van der Waals surface area contributed by atoms with E-state index in [0.29, 0.717) is 29.4 Å². The van der Waals surface area contributed by atoms with Gasteiger partial charge in [0.2, 0.25) is 5.79 Å². The van der Waals surface area contributed by atoms with Gasteiger partial charge in [0.05, 0.1) is 19.4 Å². The van der Waals surface area contributed by atoms with Gasteiger partial charge in [0.15, 0.2) is 0 Å². The molecule has 10 heteroatoms. The van der Waals surface area contributed by atoms with E-state index in [4.69, 9.17) is 30.6 Å². The fraction of sp³-hybridized carbons (Fsp3) is 0.458. The average molecular weight is 494 g/mol. The number of fused-ring (bicyclic) bond motifs is 2.